The monoisotopic (exact) mass is 446 g/mol. The van der Waals surface area contributed by atoms with Crippen LogP contribution < -0.4 is 24.9 Å². The van der Waals surface area contributed by atoms with E-state index in [1.807, 2.05) is 0 Å². The molecule has 0 bridgehead atoms. The van der Waals surface area contributed by atoms with Crippen LogP contribution in [0.15, 0.2) is 0 Å². The zero-order valence-electron chi connectivity index (χ0n) is 6.53. The molecule has 0 fully saturated rings. The summed E-state index contributed by atoms with van der Waals surface area (Å²) in [4.78, 5) is 0. The maximum absolute atomic E-state index is 8.59. The second kappa shape index (κ2) is 9.83. The Labute approximate surface area is 109 Å². The molecule has 0 N–H and O–H groups in total. The summed E-state index contributed by atoms with van der Waals surface area (Å²) in [5.74, 6) is 0. The van der Waals surface area contributed by atoms with Gasteiger partial charge in [-0.2, -0.15) is 0 Å². The number of rotatable bonds is 0. The minimum atomic E-state index is -5.75. The Balaban J connectivity index is -0.0000000655. The summed E-state index contributed by atoms with van der Waals surface area (Å²) in [6.45, 7) is 0. The van der Waals surface area contributed by atoms with Crippen molar-refractivity contribution in [1.29, 1.82) is 0 Å². The molecule has 0 rings (SSSR count). The molecule has 16 heavy (non-hydrogen) atoms. The van der Waals surface area contributed by atoms with E-state index in [0.717, 1.165) is 0 Å². The molecule has 0 radical (unpaired) electrons. The second-order valence-corrected chi connectivity index (χ2v) is 5.05. The molecule has 0 spiro atoms. The van der Waals surface area contributed by atoms with Gasteiger partial charge in [-0.15, -0.1) is 0 Å². The Bertz CT molecular complexity index is 337. The molecular formula is Cr3MoO12-6. The molecule has 0 saturated heterocycles. The molecule has 102 valence electrons. The fourth-order valence-corrected chi connectivity index (χ4v) is 0. The predicted octanol–water partition coefficient (Wildman–Crippen LogP) is -7.86. The molecule has 0 unspecified atom stereocenters. The first-order valence-electron chi connectivity index (χ1n) is 2.00. The SMILES string of the molecule is [Mo].[O]=[Cr](=[O])([O-])[O-].[O]=[Cr](=[O])([O-])[O-].[O]=[Cr](=[O])([O-])[O-]. The molecule has 0 aliphatic rings. The van der Waals surface area contributed by atoms with Gasteiger partial charge in [-0.25, -0.2) is 0 Å². The van der Waals surface area contributed by atoms with Gasteiger partial charge >= 0.3 is 88.6 Å². The fourth-order valence-electron chi connectivity index (χ4n) is 0. The first-order valence-corrected chi connectivity index (χ1v) is 8.25. The van der Waals surface area contributed by atoms with Gasteiger partial charge in [-0.1, -0.05) is 0 Å². The summed E-state index contributed by atoms with van der Waals surface area (Å²) in [6, 6.07) is 0. The van der Waals surface area contributed by atoms with Gasteiger partial charge in [0, 0.05) is 21.1 Å². The van der Waals surface area contributed by atoms with Crippen molar-refractivity contribution in [1.82, 2.24) is 0 Å². The Morgan fingerprint density at radius 1 is 0.438 bits per heavy atom. The van der Waals surface area contributed by atoms with Crippen molar-refractivity contribution in [3.05, 3.63) is 0 Å². The van der Waals surface area contributed by atoms with Crippen molar-refractivity contribution in [2.45, 2.75) is 0 Å². The maximum atomic E-state index is 8.59. The summed E-state index contributed by atoms with van der Waals surface area (Å²) in [5, 5.41) is 0. The third kappa shape index (κ3) is 3980. The van der Waals surface area contributed by atoms with Gasteiger partial charge < -0.3 is 0 Å². The fraction of sp³-hybridized carbons (Fsp3) is 0. The van der Waals surface area contributed by atoms with E-state index >= 15 is 0 Å². The van der Waals surface area contributed by atoms with E-state index in [-0.39, 0.29) is 21.1 Å². The Kier molecular flexibility index (Phi) is 15.8. The first-order chi connectivity index (χ1) is 6.00. The normalized spacial score (nSPS) is 10.9. The number of hydrogen-bond donors (Lipinski definition) is 0. The zero-order chi connectivity index (χ0) is 13.5. The van der Waals surface area contributed by atoms with E-state index in [2.05, 4.69) is 0 Å². The van der Waals surface area contributed by atoms with E-state index < -0.39 is 40.8 Å². The summed E-state index contributed by atoms with van der Waals surface area (Å²) in [5.41, 5.74) is 0. The van der Waals surface area contributed by atoms with Gasteiger partial charge in [0.1, 0.15) is 0 Å². The van der Waals surface area contributed by atoms with Gasteiger partial charge in [-0.3, -0.25) is 0 Å². The Hall–Kier alpha value is 0.846. The van der Waals surface area contributed by atoms with Crippen LogP contribution in [0.3, 0.4) is 0 Å². The van der Waals surface area contributed by atoms with E-state index in [0.29, 0.717) is 0 Å². The molecule has 0 saturated carbocycles. The molecule has 0 aromatic heterocycles. The minimum absolute atomic E-state index is 0. The van der Waals surface area contributed by atoms with E-state index in [9.17, 15) is 0 Å². The molecule has 16 heteroatoms. The second-order valence-electron chi connectivity index (χ2n) is 1.22. The van der Waals surface area contributed by atoms with Crippen LogP contribution in [0.5, 0.6) is 0 Å². The first kappa shape index (κ1) is 25.6. The average Bonchev–Trinajstić information content (AvgIpc) is 1.41. The van der Waals surface area contributed by atoms with Gasteiger partial charge in [0.2, 0.25) is 0 Å². The van der Waals surface area contributed by atoms with Crippen LogP contribution in [0.2, 0.25) is 0 Å². The van der Waals surface area contributed by atoms with Crippen molar-refractivity contribution in [3.63, 3.8) is 0 Å². The van der Waals surface area contributed by atoms with Crippen LogP contribution in [-0.2, 0) is 84.7 Å². The van der Waals surface area contributed by atoms with E-state index in [1.165, 1.54) is 0 Å². The molecule has 12 nitrogen and oxygen atoms in total. The molecule has 0 aromatic rings. The van der Waals surface area contributed by atoms with Crippen molar-refractivity contribution < 1.29 is 110 Å². The van der Waals surface area contributed by atoms with Crippen molar-refractivity contribution in [2.24, 2.45) is 0 Å². The van der Waals surface area contributed by atoms with Gasteiger partial charge in [0.25, 0.3) is 0 Å². The van der Waals surface area contributed by atoms with Crippen LogP contribution >= 0.6 is 0 Å². The molecule has 0 atom stereocenters. The number of hydrogen-bond acceptors (Lipinski definition) is 12. The van der Waals surface area contributed by atoms with Crippen molar-refractivity contribution >= 4 is 0 Å². The van der Waals surface area contributed by atoms with Gasteiger partial charge in [0.05, 0.1) is 0 Å². The van der Waals surface area contributed by atoms with Crippen LogP contribution in [0.1, 0.15) is 0 Å². The van der Waals surface area contributed by atoms with Gasteiger partial charge in [-0.05, 0) is 0 Å². The Morgan fingerprint density at radius 2 is 0.438 bits per heavy atom. The third-order valence-corrected chi connectivity index (χ3v) is 0. The summed E-state index contributed by atoms with van der Waals surface area (Å²) < 4.78 is 103. The summed E-state index contributed by atoms with van der Waals surface area (Å²) in [6.07, 6.45) is 0. The quantitative estimate of drug-likeness (QED) is 0.317. The van der Waals surface area contributed by atoms with Crippen LogP contribution in [0.25, 0.3) is 0 Å². The third-order valence-electron chi connectivity index (χ3n) is 0. The average molecular weight is 444 g/mol. The molecule has 0 aliphatic carbocycles. The topological polar surface area (TPSA) is 241 Å². The zero-order valence-corrected chi connectivity index (χ0v) is 12.4. The molecule has 0 aromatic carbocycles. The van der Waals surface area contributed by atoms with Crippen LogP contribution in [0.4, 0.5) is 0 Å². The molecule has 0 amide bonds. The predicted molar refractivity (Wildman–Crippen MR) is 4.12 cm³/mol. The van der Waals surface area contributed by atoms with E-state index in [4.69, 9.17) is 47.8 Å². The molecular weight excluding hydrogens is 444 g/mol. The van der Waals surface area contributed by atoms with Crippen LogP contribution in [0, 0.1) is 0 Å². The molecule has 0 aliphatic heterocycles. The van der Waals surface area contributed by atoms with Gasteiger partial charge in [0.15, 0.2) is 0 Å². The van der Waals surface area contributed by atoms with E-state index in [1.54, 1.807) is 0 Å². The van der Waals surface area contributed by atoms with Crippen molar-refractivity contribution in [3.8, 4) is 0 Å². The molecule has 0 heterocycles. The van der Waals surface area contributed by atoms with Crippen LogP contribution in [-0.4, -0.2) is 0 Å². The summed E-state index contributed by atoms with van der Waals surface area (Å²) in [7, 11) is 0. The Morgan fingerprint density at radius 3 is 0.438 bits per heavy atom. The van der Waals surface area contributed by atoms with Crippen molar-refractivity contribution in [2.75, 3.05) is 0 Å². The summed E-state index contributed by atoms with van der Waals surface area (Å²) >= 11 is -17.2. The standard InChI is InChI=1S/3Cr.Mo.12O/q;;;;;;;;;;6*-1.